The zero-order valence-electron chi connectivity index (χ0n) is 9.24. The molecule has 0 bridgehead atoms. The fraction of sp³-hybridized carbons (Fsp3) is 0.417. The van der Waals surface area contributed by atoms with Crippen molar-refractivity contribution < 1.29 is 4.79 Å². The minimum absolute atomic E-state index is 0.109. The van der Waals surface area contributed by atoms with Gasteiger partial charge in [0.2, 0.25) is 5.91 Å². The molecule has 0 spiro atoms. The molecule has 0 radical (unpaired) electrons. The van der Waals surface area contributed by atoms with Gasteiger partial charge >= 0.3 is 0 Å². The van der Waals surface area contributed by atoms with Crippen LogP contribution in [0.2, 0.25) is 5.02 Å². The van der Waals surface area contributed by atoms with Crippen LogP contribution in [0, 0.1) is 5.41 Å². The van der Waals surface area contributed by atoms with E-state index in [-0.39, 0.29) is 11.3 Å². The molecule has 1 aromatic carbocycles. The lowest BCUT2D eigenvalue weighted by Gasteiger charge is -2.22. The molecule has 4 heteroatoms. The Morgan fingerprint density at radius 3 is 2.44 bits per heavy atom. The molecular formula is C12H15ClN2O. The van der Waals surface area contributed by atoms with E-state index in [1.807, 2.05) is 12.1 Å². The summed E-state index contributed by atoms with van der Waals surface area (Å²) in [6.45, 7) is 0.434. The van der Waals surface area contributed by atoms with Gasteiger partial charge in [0.25, 0.3) is 0 Å². The Morgan fingerprint density at radius 1 is 1.44 bits per heavy atom. The first kappa shape index (κ1) is 11.4. The standard InChI is InChI=1S/C12H15ClN2O/c1-15(10-4-2-9(13)3-5-10)11(16)12(8-14)6-7-12/h2-5H,6-8,14H2,1H3. The summed E-state index contributed by atoms with van der Waals surface area (Å²) in [4.78, 5) is 13.8. The topological polar surface area (TPSA) is 46.3 Å². The second kappa shape index (κ2) is 4.07. The summed E-state index contributed by atoms with van der Waals surface area (Å²) in [5.74, 6) is 0.109. The van der Waals surface area contributed by atoms with E-state index in [2.05, 4.69) is 0 Å². The van der Waals surface area contributed by atoms with Crippen molar-refractivity contribution in [3.8, 4) is 0 Å². The van der Waals surface area contributed by atoms with Crippen LogP contribution in [-0.2, 0) is 4.79 Å². The number of rotatable bonds is 3. The van der Waals surface area contributed by atoms with Crippen molar-refractivity contribution in [3.63, 3.8) is 0 Å². The van der Waals surface area contributed by atoms with Gasteiger partial charge in [0.15, 0.2) is 0 Å². The summed E-state index contributed by atoms with van der Waals surface area (Å²) in [7, 11) is 1.78. The molecule has 1 saturated carbocycles. The lowest BCUT2D eigenvalue weighted by Crippen LogP contribution is -2.38. The van der Waals surface area contributed by atoms with Gasteiger partial charge in [-0.2, -0.15) is 0 Å². The number of hydrogen-bond acceptors (Lipinski definition) is 2. The van der Waals surface area contributed by atoms with E-state index in [1.165, 1.54) is 0 Å². The number of benzene rings is 1. The van der Waals surface area contributed by atoms with Gasteiger partial charge in [0.1, 0.15) is 0 Å². The third kappa shape index (κ3) is 1.93. The van der Waals surface area contributed by atoms with Crippen LogP contribution in [0.15, 0.2) is 24.3 Å². The van der Waals surface area contributed by atoms with Gasteiger partial charge in [0, 0.05) is 24.3 Å². The van der Waals surface area contributed by atoms with E-state index >= 15 is 0 Å². The molecule has 2 rings (SSSR count). The Balaban J connectivity index is 2.16. The van der Waals surface area contributed by atoms with E-state index in [4.69, 9.17) is 17.3 Å². The van der Waals surface area contributed by atoms with E-state index in [1.54, 1.807) is 24.1 Å². The fourth-order valence-corrected chi connectivity index (χ4v) is 1.92. The van der Waals surface area contributed by atoms with Gasteiger partial charge in [-0.25, -0.2) is 0 Å². The molecule has 0 heterocycles. The maximum Gasteiger partial charge on any atom is 0.234 e. The van der Waals surface area contributed by atoms with Crippen LogP contribution in [0.25, 0.3) is 0 Å². The molecule has 0 aromatic heterocycles. The summed E-state index contributed by atoms with van der Waals surface area (Å²) in [5, 5.41) is 0.671. The summed E-state index contributed by atoms with van der Waals surface area (Å²) in [6, 6.07) is 7.24. The fourth-order valence-electron chi connectivity index (χ4n) is 1.79. The summed E-state index contributed by atoms with van der Waals surface area (Å²) < 4.78 is 0. The molecule has 0 unspecified atom stereocenters. The lowest BCUT2D eigenvalue weighted by molar-refractivity contribution is -0.123. The van der Waals surface area contributed by atoms with Crippen LogP contribution >= 0.6 is 11.6 Å². The predicted octanol–water partition coefficient (Wildman–Crippen LogP) is 2.04. The number of nitrogens with zero attached hydrogens (tertiary/aromatic N) is 1. The summed E-state index contributed by atoms with van der Waals surface area (Å²) in [6.07, 6.45) is 1.81. The number of carbonyl (C=O) groups excluding carboxylic acids is 1. The molecule has 16 heavy (non-hydrogen) atoms. The number of anilines is 1. The number of carbonyl (C=O) groups is 1. The van der Waals surface area contributed by atoms with E-state index < -0.39 is 0 Å². The van der Waals surface area contributed by atoms with Crippen molar-refractivity contribution in [2.45, 2.75) is 12.8 Å². The average molecular weight is 239 g/mol. The molecule has 3 nitrogen and oxygen atoms in total. The highest BCUT2D eigenvalue weighted by atomic mass is 35.5. The van der Waals surface area contributed by atoms with Crippen molar-refractivity contribution in [2.75, 3.05) is 18.5 Å². The number of hydrogen-bond donors (Lipinski definition) is 1. The van der Waals surface area contributed by atoms with Gasteiger partial charge in [0.05, 0.1) is 5.41 Å². The Morgan fingerprint density at radius 2 is 2.00 bits per heavy atom. The van der Waals surface area contributed by atoms with Crippen molar-refractivity contribution >= 4 is 23.2 Å². The highest BCUT2D eigenvalue weighted by Crippen LogP contribution is 2.46. The summed E-state index contributed by atoms with van der Waals surface area (Å²) in [5.41, 5.74) is 6.20. The second-order valence-electron chi connectivity index (χ2n) is 4.33. The molecule has 1 aliphatic rings. The highest BCUT2D eigenvalue weighted by molar-refractivity contribution is 6.30. The Kier molecular flexibility index (Phi) is 2.91. The van der Waals surface area contributed by atoms with Crippen molar-refractivity contribution in [3.05, 3.63) is 29.3 Å². The Bertz CT molecular complexity index is 398. The van der Waals surface area contributed by atoms with Crippen LogP contribution in [0.1, 0.15) is 12.8 Å². The molecular weight excluding hydrogens is 224 g/mol. The van der Waals surface area contributed by atoms with E-state index in [9.17, 15) is 4.79 Å². The van der Waals surface area contributed by atoms with E-state index in [0.29, 0.717) is 11.6 Å². The van der Waals surface area contributed by atoms with Crippen LogP contribution in [0.4, 0.5) is 5.69 Å². The largest absolute Gasteiger partial charge is 0.329 e. The molecule has 0 aliphatic heterocycles. The van der Waals surface area contributed by atoms with Crippen LogP contribution in [0.5, 0.6) is 0 Å². The third-order valence-corrected chi connectivity index (χ3v) is 3.47. The lowest BCUT2D eigenvalue weighted by atomic mass is 10.1. The number of amides is 1. The van der Waals surface area contributed by atoms with Gasteiger partial charge in [-0.1, -0.05) is 11.6 Å². The molecule has 1 fully saturated rings. The Labute approximate surface area is 100 Å². The SMILES string of the molecule is CN(C(=O)C1(CN)CC1)c1ccc(Cl)cc1. The summed E-state index contributed by atoms with van der Waals surface area (Å²) >= 11 is 5.80. The monoisotopic (exact) mass is 238 g/mol. The van der Waals surface area contributed by atoms with Gasteiger partial charge in [-0.15, -0.1) is 0 Å². The minimum Gasteiger partial charge on any atom is -0.329 e. The third-order valence-electron chi connectivity index (χ3n) is 3.22. The molecule has 2 N–H and O–H groups in total. The van der Waals surface area contributed by atoms with Crippen LogP contribution in [0.3, 0.4) is 0 Å². The maximum atomic E-state index is 12.2. The molecule has 1 aliphatic carbocycles. The molecule has 0 saturated heterocycles. The molecule has 0 atom stereocenters. The van der Waals surface area contributed by atoms with Crippen molar-refractivity contribution in [1.82, 2.24) is 0 Å². The van der Waals surface area contributed by atoms with E-state index in [0.717, 1.165) is 18.5 Å². The van der Waals surface area contributed by atoms with Gasteiger partial charge in [-0.05, 0) is 37.1 Å². The van der Waals surface area contributed by atoms with Crippen molar-refractivity contribution in [2.24, 2.45) is 11.1 Å². The first-order chi connectivity index (χ1) is 7.59. The predicted molar refractivity (Wildman–Crippen MR) is 65.6 cm³/mol. The smallest absolute Gasteiger partial charge is 0.234 e. The quantitative estimate of drug-likeness (QED) is 0.876. The maximum absolute atomic E-state index is 12.2. The molecule has 1 aromatic rings. The van der Waals surface area contributed by atoms with Crippen molar-refractivity contribution in [1.29, 1.82) is 0 Å². The van der Waals surface area contributed by atoms with Crippen LogP contribution in [-0.4, -0.2) is 19.5 Å². The first-order valence-electron chi connectivity index (χ1n) is 5.33. The number of nitrogens with two attached hydrogens (primary N) is 1. The minimum atomic E-state index is -0.297. The molecule has 86 valence electrons. The first-order valence-corrected chi connectivity index (χ1v) is 5.71. The second-order valence-corrected chi connectivity index (χ2v) is 4.76. The van der Waals surface area contributed by atoms with Gasteiger partial charge < -0.3 is 10.6 Å². The van der Waals surface area contributed by atoms with Crippen LogP contribution < -0.4 is 10.6 Å². The number of halogens is 1. The molecule has 1 amide bonds. The zero-order valence-corrected chi connectivity index (χ0v) is 10.00. The highest BCUT2D eigenvalue weighted by Gasteiger charge is 2.50. The van der Waals surface area contributed by atoms with Gasteiger partial charge in [-0.3, -0.25) is 4.79 Å². The Hall–Kier alpha value is -1.06. The normalized spacial score (nSPS) is 16.9. The zero-order chi connectivity index (χ0) is 11.8. The average Bonchev–Trinajstić information content (AvgIpc) is 3.09.